The minimum absolute atomic E-state index is 0. The van der Waals surface area contributed by atoms with Gasteiger partial charge in [0, 0.05) is 38.9 Å². The Morgan fingerprint density at radius 2 is 0.955 bits per heavy atom. The predicted octanol–water partition coefficient (Wildman–Crippen LogP) is 8.96. The van der Waals surface area contributed by atoms with Crippen molar-refractivity contribution in [2.24, 2.45) is 0 Å². The number of hydrogen-bond donors (Lipinski definition) is 2. The summed E-state index contributed by atoms with van der Waals surface area (Å²) in [7, 11) is -2.94. The van der Waals surface area contributed by atoms with Gasteiger partial charge in [-0.25, -0.2) is 0 Å². The molecule has 3 aliphatic carbocycles. The van der Waals surface area contributed by atoms with Crippen molar-refractivity contribution in [3.63, 3.8) is 0 Å². The third-order valence-corrected chi connectivity index (χ3v) is 12.6. The van der Waals surface area contributed by atoms with E-state index in [9.17, 15) is 4.89 Å². The normalized spacial score (nSPS) is 30.3. The fourth-order valence-corrected chi connectivity index (χ4v) is 10.5. The van der Waals surface area contributed by atoms with Crippen LogP contribution in [0, 0.1) is 0 Å². The fourth-order valence-electron chi connectivity index (χ4n) is 8.98. The summed E-state index contributed by atoms with van der Waals surface area (Å²) in [5.74, 6) is 0.522. The smallest absolute Gasteiger partial charge is 0.331 e. The zero-order valence-corrected chi connectivity index (χ0v) is 28.4. The summed E-state index contributed by atoms with van der Waals surface area (Å²) in [6.45, 7) is 0.766. The first-order valence-electron chi connectivity index (χ1n) is 14.9. The molecule has 2 N–H and O–H groups in total. The zero-order valence-electron chi connectivity index (χ0n) is 23.8. The first kappa shape index (κ1) is 28.4. The molecule has 2 heterocycles. The van der Waals surface area contributed by atoms with E-state index >= 15 is 0 Å². The molecule has 2 saturated heterocycles. The first-order chi connectivity index (χ1) is 21.1. The van der Waals surface area contributed by atoms with Crippen molar-refractivity contribution in [3.8, 4) is 0 Å². The summed E-state index contributed by atoms with van der Waals surface area (Å²) in [6.07, 6.45) is 2.42. The van der Waals surface area contributed by atoms with Crippen LogP contribution in [0.4, 0.5) is 0 Å². The van der Waals surface area contributed by atoms with Gasteiger partial charge < -0.3 is 14.3 Å². The van der Waals surface area contributed by atoms with E-state index in [1.165, 1.54) is 65.3 Å². The number of fused-ring (bicyclic) bond motifs is 3. The van der Waals surface area contributed by atoms with Gasteiger partial charge in [0.25, 0.3) is 0 Å². The molecular formula is C36H28O5P2Y. The second kappa shape index (κ2) is 10.1. The van der Waals surface area contributed by atoms with Gasteiger partial charge in [0.1, 0.15) is 11.2 Å². The SMILES string of the molecule is OP1CCO1.OP1OC23CC4c5cccc6ccc7cccc(c7c56)C4CC2(O1)c1cccc2ccc4cccc3c4c12.[Y]. The molecule has 6 aromatic carbocycles. The Morgan fingerprint density at radius 3 is 1.34 bits per heavy atom. The van der Waals surface area contributed by atoms with Gasteiger partial charge in [-0.2, -0.15) is 0 Å². The fraction of sp³-hybridized carbons (Fsp3) is 0.222. The van der Waals surface area contributed by atoms with Crippen molar-refractivity contribution in [3.05, 3.63) is 119 Å². The molecule has 5 unspecified atom stereocenters. The minimum atomic E-state index is -2.03. The summed E-state index contributed by atoms with van der Waals surface area (Å²) in [5, 5.41) is 10.3. The van der Waals surface area contributed by atoms with E-state index in [2.05, 4.69) is 102 Å². The molecule has 0 aromatic heterocycles. The molecule has 8 heteroatoms. The molecule has 5 atom stereocenters. The molecule has 215 valence electrons. The maximum atomic E-state index is 11.2. The maximum absolute atomic E-state index is 11.2. The molecule has 0 spiro atoms. The van der Waals surface area contributed by atoms with E-state index in [0.29, 0.717) is 0 Å². The first-order valence-corrected chi connectivity index (χ1v) is 17.5. The molecule has 1 radical (unpaired) electrons. The second-order valence-corrected chi connectivity index (χ2v) is 14.7. The predicted molar refractivity (Wildman–Crippen MR) is 172 cm³/mol. The molecule has 1 saturated carbocycles. The van der Waals surface area contributed by atoms with E-state index in [1.54, 1.807) is 0 Å². The number of benzene rings is 6. The Labute approximate surface area is 282 Å². The van der Waals surface area contributed by atoms with Gasteiger partial charge in [-0.15, -0.1) is 0 Å². The van der Waals surface area contributed by atoms with Gasteiger partial charge in [0.2, 0.25) is 0 Å². The molecule has 5 nitrogen and oxygen atoms in total. The minimum Gasteiger partial charge on any atom is -0.350 e. The van der Waals surface area contributed by atoms with Gasteiger partial charge >= 0.3 is 8.60 Å². The van der Waals surface area contributed by atoms with Crippen molar-refractivity contribution in [2.45, 2.75) is 35.9 Å². The number of rotatable bonds is 0. The zero-order chi connectivity index (χ0) is 28.5. The monoisotopic (exact) mass is 691 g/mol. The van der Waals surface area contributed by atoms with Crippen molar-refractivity contribution in [1.82, 2.24) is 0 Å². The Bertz CT molecular complexity index is 2020. The van der Waals surface area contributed by atoms with Crippen LogP contribution in [0.1, 0.15) is 46.9 Å². The molecule has 0 amide bonds. The average Bonchev–Trinajstić information content (AvgIpc) is 3.35. The van der Waals surface area contributed by atoms with Crippen LogP contribution >= 0.6 is 17.0 Å². The van der Waals surface area contributed by atoms with Gasteiger partial charge in [-0.3, -0.25) is 9.05 Å². The molecule has 2 aliphatic heterocycles. The molecule has 11 rings (SSSR count). The summed E-state index contributed by atoms with van der Waals surface area (Å²) in [5.41, 5.74) is 3.64. The van der Waals surface area contributed by atoms with Crippen LogP contribution in [0.25, 0.3) is 43.1 Å². The molecule has 6 aromatic rings. The van der Waals surface area contributed by atoms with Crippen molar-refractivity contribution in [1.29, 1.82) is 0 Å². The van der Waals surface area contributed by atoms with Crippen LogP contribution in [0.15, 0.2) is 97.1 Å². The van der Waals surface area contributed by atoms with Crippen LogP contribution in [-0.4, -0.2) is 22.6 Å². The van der Waals surface area contributed by atoms with E-state index in [1.807, 2.05) is 0 Å². The second-order valence-electron chi connectivity index (χ2n) is 12.4. The Balaban J connectivity index is 0.000000414. The Hall–Kier alpha value is -1.88. The van der Waals surface area contributed by atoms with E-state index in [0.717, 1.165) is 25.6 Å². The summed E-state index contributed by atoms with van der Waals surface area (Å²) in [4.78, 5) is 19.5. The summed E-state index contributed by atoms with van der Waals surface area (Å²) >= 11 is 0. The third kappa shape index (κ3) is 3.57. The van der Waals surface area contributed by atoms with Gasteiger partial charge in [0.15, 0.2) is 8.38 Å². The Kier molecular flexibility index (Phi) is 6.48. The number of hydrogen-bond acceptors (Lipinski definition) is 5. The van der Waals surface area contributed by atoms with Gasteiger partial charge in [0.05, 0.1) is 6.61 Å². The van der Waals surface area contributed by atoms with Gasteiger partial charge in [-0.1, -0.05) is 97.1 Å². The topological polar surface area (TPSA) is 68.2 Å². The quantitative estimate of drug-likeness (QED) is 0.123. The molecular weight excluding hydrogens is 663 g/mol. The Morgan fingerprint density at radius 1 is 0.568 bits per heavy atom. The molecule has 44 heavy (non-hydrogen) atoms. The average molecular weight is 691 g/mol. The summed E-state index contributed by atoms with van der Waals surface area (Å²) < 4.78 is 18.0. The van der Waals surface area contributed by atoms with Crippen LogP contribution in [-0.2, 0) is 57.5 Å². The van der Waals surface area contributed by atoms with Crippen molar-refractivity contribution >= 4 is 60.1 Å². The van der Waals surface area contributed by atoms with Crippen LogP contribution in [0.5, 0.6) is 0 Å². The molecule has 5 aliphatic rings. The third-order valence-electron chi connectivity index (χ3n) is 10.6. The van der Waals surface area contributed by atoms with E-state index in [-0.39, 0.29) is 44.5 Å². The maximum Gasteiger partial charge on any atom is 0.331 e. The largest absolute Gasteiger partial charge is 0.350 e. The van der Waals surface area contributed by atoms with E-state index in [4.69, 9.17) is 13.9 Å². The van der Waals surface area contributed by atoms with Gasteiger partial charge in [-0.05, 0) is 90.0 Å². The van der Waals surface area contributed by atoms with Crippen LogP contribution in [0.2, 0.25) is 0 Å². The van der Waals surface area contributed by atoms with Crippen LogP contribution < -0.4 is 0 Å². The van der Waals surface area contributed by atoms with Crippen molar-refractivity contribution < 1.29 is 56.1 Å². The standard InChI is InChI=1S/C34H23O3P.C2H5O2P.Y/c35-38-36-33-17-25-23-9-1-5-19-13-14-20-6-2-10-24(30(20)29(19)23)26(25)18-34(33,37-38)28-12-4-8-22-16-15-21-7-3-11-27(33)31(21)32(22)28;3-5-2-1-4-5;/h1-16,25-26,35H,17-18H2;3H,1-2H2;. The van der Waals surface area contributed by atoms with E-state index < -0.39 is 28.2 Å². The molecule has 0 bridgehead atoms. The molecule has 3 fully saturated rings. The summed E-state index contributed by atoms with van der Waals surface area (Å²) in [6, 6.07) is 35.6. The van der Waals surface area contributed by atoms with Crippen LogP contribution in [0.3, 0.4) is 0 Å². The van der Waals surface area contributed by atoms with Crippen molar-refractivity contribution in [2.75, 3.05) is 12.8 Å².